The average molecular weight is 457 g/mol. The summed E-state index contributed by atoms with van der Waals surface area (Å²) in [5.41, 5.74) is 13.1. The molecule has 1 aliphatic heterocycles. The third-order valence-corrected chi connectivity index (χ3v) is 6.66. The summed E-state index contributed by atoms with van der Waals surface area (Å²) in [5, 5.41) is 4.90. The van der Waals surface area contributed by atoms with Crippen molar-refractivity contribution in [2.24, 2.45) is 5.92 Å². The van der Waals surface area contributed by atoms with Crippen molar-refractivity contribution < 1.29 is 9.13 Å². The van der Waals surface area contributed by atoms with Crippen LogP contribution in [-0.2, 0) is 13.0 Å². The zero-order valence-electron chi connectivity index (χ0n) is 19.1. The molecule has 1 saturated carbocycles. The predicted molar refractivity (Wildman–Crippen MR) is 127 cm³/mol. The van der Waals surface area contributed by atoms with Crippen molar-refractivity contribution in [3.05, 3.63) is 71.2 Å². The van der Waals surface area contributed by atoms with E-state index in [1.54, 1.807) is 24.7 Å². The number of nitrogen functional groups attached to an aromatic ring is 1. The van der Waals surface area contributed by atoms with Crippen LogP contribution in [0.1, 0.15) is 48.4 Å². The van der Waals surface area contributed by atoms with Crippen LogP contribution in [0, 0.1) is 18.7 Å². The lowest BCUT2D eigenvalue weighted by molar-refractivity contribution is 0.227. The van der Waals surface area contributed by atoms with E-state index < -0.39 is 6.10 Å². The third kappa shape index (κ3) is 3.59. The lowest BCUT2D eigenvalue weighted by Crippen LogP contribution is -2.11. The van der Waals surface area contributed by atoms with E-state index in [1.807, 2.05) is 19.9 Å². The largest absolute Gasteiger partial charge is 0.482 e. The third-order valence-electron chi connectivity index (χ3n) is 6.66. The highest BCUT2D eigenvalue weighted by molar-refractivity contribution is 5.71. The van der Waals surface area contributed by atoms with E-state index in [1.165, 1.54) is 25.0 Å². The molecule has 1 aromatic carbocycles. The second-order valence-corrected chi connectivity index (χ2v) is 9.17. The topological polar surface area (TPSA) is 91.7 Å². The minimum atomic E-state index is -0.489. The molecular formula is C26H25FN6O. The Balaban J connectivity index is 1.63. The fourth-order valence-electron chi connectivity index (χ4n) is 4.74. The van der Waals surface area contributed by atoms with Gasteiger partial charge in [0, 0.05) is 53.8 Å². The predicted octanol–water partition coefficient (Wildman–Crippen LogP) is 4.89. The van der Waals surface area contributed by atoms with Gasteiger partial charge in [-0.05, 0) is 56.9 Å². The number of hydrogen-bond donors (Lipinski definition) is 1. The zero-order chi connectivity index (χ0) is 23.4. The molecular weight excluding hydrogens is 431 g/mol. The number of aromatic nitrogens is 5. The van der Waals surface area contributed by atoms with Crippen LogP contribution in [0.5, 0.6) is 5.75 Å². The van der Waals surface area contributed by atoms with Gasteiger partial charge in [0.15, 0.2) is 11.6 Å². The van der Waals surface area contributed by atoms with Crippen molar-refractivity contribution >= 4 is 5.82 Å². The molecule has 0 spiro atoms. The first-order valence-electron chi connectivity index (χ1n) is 11.6. The van der Waals surface area contributed by atoms with Gasteiger partial charge in [-0.1, -0.05) is 0 Å². The van der Waals surface area contributed by atoms with Crippen LogP contribution in [-0.4, -0.2) is 24.7 Å². The first-order valence-corrected chi connectivity index (χ1v) is 11.6. The van der Waals surface area contributed by atoms with Crippen molar-refractivity contribution in [1.29, 1.82) is 0 Å². The van der Waals surface area contributed by atoms with Gasteiger partial charge in [-0.25, -0.2) is 9.37 Å². The Morgan fingerprint density at radius 3 is 2.79 bits per heavy atom. The van der Waals surface area contributed by atoms with E-state index in [2.05, 4.69) is 14.6 Å². The molecule has 1 fully saturated rings. The fourth-order valence-corrected chi connectivity index (χ4v) is 4.74. The second kappa shape index (κ2) is 7.90. The number of nitrogens with two attached hydrogens (primary N) is 1. The summed E-state index contributed by atoms with van der Waals surface area (Å²) in [5.74, 6) is 1.06. The lowest BCUT2D eigenvalue weighted by Gasteiger charge is -2.21. The summed E-state index contributed by atoms with van der Waals surface area (Å²) in [6.07, 6.45) is 7.63. The summed E-state index contributed by atoms with van der Waals surface area (Å²) in [6.45, 7) is 4.76. The number of rotatable bonds is 2. The zero-order valence-corrected chi connectivity index (χ0v) is 19.1. The number of nitrogens with zero attached hydrogens (tertiary/aromatic N) is 5. The quantitative estimate of drug-likeness (QED) is 0.462. The molecule has 0 saturated heterocycles. The number of halogens is 1. The minimum Gasteiger partial charge on any atom is -0.482 e. The minimum absolute atomic E-state index is 0.289. The molecule has 7 nitrogen and oxygen atoms in total. The molecule has 3 aromatic heterocycles. The Bertz CT molecular complexity index is 1410. The number of anilines is 1. The van der Waals surface area contributed by atoms with Gasteiger partial charge in [-0.2, -0.15) is 5.10 Å². The number of hydrogen-bond acceptors (Lipinski definition) is 6. The molecule has 0 radical (unpaired) electrons. The number of fused-ring (bicyclic) bond motifs is 7. The molecule has 6 rings (SSSR count). The molecule has 8 heteroatoms. The molecule has 1 aliphatic carbocycles. The maximum Gasteiger partial charge on any atom is 0.166 e. The first-order chi connectivity index (χ1) is 16.5. The summed E-state index contributed by atoms with van der Waals surface area (Å²) >= 11 is 0. The maximum atomic E-state index is 14.3. The van der Waals surface area contributed by atoms with E-state index in [-0.39, 0.29) is 11.6 Å². The van der Waals surface area contributed by atoms with Gasteiger partial charge < -0.3 is 10.5 Å². The van der Waals surface area contributed by atoms with Gasteiger partial charge in [-0.3, -0.25) is 14.6 Å². The van der Waals surface area contributed by atoms with Crippen molar-refractivity contribution in [2.45, 2.75) is 45.8 Å². The highest BCUT2D eigenvalue weighted by atomic mass is 19.1. The second-order valence-electron chi connectivity index (χ2n) is 9.17. The maximum absolute atomic E-state index is 14.3. The van der Waals surface area contributed by atoms with Crippen molar-refractivity contribution in [3.8, 4) is 28.3 Å². The Morgan fingerprint density at radius 1 is 1.15 bits per heavy atom. The molecule has 1 atom stereocenters. The fraction of sp³-hybridized carbons (Fsp3) is 0.308. The van der Waals surface area contributed by atoms with Gasteiger partial charge in [0.05, 0.1) is 22.8 Å². The van der Waals surface area contributed by atoms with Crippen LogP contribution in [0.25, 0.3) is 22.5 Å². The van der Waals surface area contributed by atoms with Crippen molar-refractivity contribution in [3.63, 3.8) is 0 Å². The Kier molecular flexibility index (Phi) is 4.83. The summed E-state index contributed by atoms with van der Waals surface area (Å²) in [6, 6.07) is 6.59. The van der Waals surface area contributed by atoms with Crippen LogP contribution in [0.3, 0.4) is 0 Å². The number of ether oxygens (including phenoxy) is 1. The normalized spacial score (nSPS) is 17.0. The molecule has 4 heterocycles. The average Bonchev–Trinajstić information content (AvgIpc) is 3.58. The van der Waals surface area contributed by atoms with E-state index in [4.69, 9.17) is 20.6 Å². The van der Waals surface area contributed by atoms with E-state index in [0.29, 0.717) is 29.3 Å². The van der Waals surface area contributed by atoms with Gasteiger partial charge in [0.25, 0.3) is 0 Å². The summed E-state index contributed by atoms with van der Waals surface area (Å²) in [4.78, 5) is 13.8. The van der Waals surface area contributed by atoms with Crippen LogP contribution >= 0.6 is 0 Å². The number of pyridine rings is 1. The van der Waals surface area contributed by atoms with E-state index >= 15 is 0 Å². The smallest absolute Gasteiger partial charge is 0.166 e. The molecule has 2 N–H and O–H groups in total. The van der Waals surface area contributed by atoms with Gasteiger partial charge in [0.2, 0.25) is 0 Å². The summed E-state index contributed by atoms with van der Waals surface area (Å²) in [7, 11) is 0. The number of aryl methyl sites for hydroxylation is 1. The van der Waals surface area contributed by atoms with Crippen LogP contribution in [0.15, 0.2) is 42.9 Å². The Labute approximate surface area is 196 Å². The highest BCUT2D eigenvalue weighted by Gasteiger charge is 2.28. The van der Waals surface area contributed by atoms with Crippen LogP contribution in [0.2, 0.25) is 0 Å². The van der Waals surface area contributed by atoms with Crippen LogP contribution < -0.4 is 10.5 Å². The van der Waals surface area contributed by atoms with E-state index in [9.17, 15) is 4.39 Å². The molecule has 2 bridgehead atoms. The lowest BCUT2D eigenvalue weighted by atomic mass is 9.95. The molecule has 2 aliphatic rings. The monoisotopic (exact) mass is 456 g/mol. The Hall–Kier alpha value is -3.81. The van der Waals surface area contributed by atoms with Crippen LogP contribution in [0.4, 0.5) is 10.2 Å². The molecule has 4 aromatic rings. The molecule has 0 amide bonds. The van der Waals surface area contributed by atoms with Crippen molar-refractivity contribution in [1.82, 2.24) is 24.7 Å². The van der Waals surface area contributed by atoms with E-state index in [0.717, 1.165) is 40.3 Å². The highest BCUT2D eigenvalue weighted by Crippen LogP contribution is 2.40. The standard InChI is InChI=1S/C26H25FN6O/c1-14-20-11-22-24(30-8-7-29-22)19-6-5-18(27)10-21(19)15(2)34-23-9-17(12-31-26(23)28)25(20)33(32-14)13-16-3-4-16/h5-10,12,15-16H,3-4,11,13H2,1-2H3,(H2,28,31). The Morgan fingerprint density at radius 2 is 1.97 bits per heavy atom. The van der Waals surface area contributed by atoms with Gasteiger partial charge in [-0.15, -0.1) is 0 Å². The van der Waals surface area contributed by atoms with Gasteiger partial charge in [0.1, 0.15) is 11.9 Å². The van der Waals surface area contributed by atoms with Gasteiger partial charge >= 0.3 is 0 Å². The molecule has 172 valence electrons. The first kappa shape index (κ1) is 20.8. The number of benzene rings is 1. The van der Waals surface area contributed by atoms with Crippen molar-refractivity contribution in [2.75, 3.05) is 5.73 Å². The SMILES string of the molecule is Cc1nn(CC2CC2)c2c1Cc1nccnc1-c1ccc(F)cc1C(C)Oc1cc-2cnc1N. The molecule has 34 heavy (non-hydrogen) atoms. The summed E-state index contributed by atoms with van der Waals surface area (Å²) < 4.78 is 22.7. The molecule has 1 unspecified atom stereocenters.